The van der Waals surface area contributed by atoms with E-state index in [0.717, 1.165) is 24.2 Å². The Labute approximate surface area is 94.3 Å². The van der Waals surface area contributed by atoms with Crippen molar-refractivity contribution in [2.45, 2.75) is 27.2 Å². The van der Waals surface area contributed by atoms with Gasteiger partial charge in [0.1, 0.15) is 5.82 Å². The van der Waals surface area contributed by atoms with Crippen molar-refractivity contribution >= 4 is 11.9 Å². The van der Waals surface area contributed by atoms with Gasteiger partial charge < -0.3 is 0 Å². The summed E-state index contributed by atoms with van der Waals surface area (Å²) in [5.41, 5.74) is 1.58. The van der Waals surface area contributed by atoms with Gasteiger partial charge in [0.2, 0.25) is 0 Å². The molecule has 2 rings (SSSR count). The molecule has 2 aromatic heterocycles. The maximum atomic E-state index is 10.7. The number of aromatic nitrogens is 3. The molecule has 84 valence electrons. The van der Waals surface area contributed by atoms with Crippen molar-refractivity contribution in [2.24, 2.45) is 5.41 Å². The minimum Gasteiger partial charge on any atom is -0.298 e. The lowest BCUT2D eigenvalue weighted by atomic mass is 9.92. The molecule has 0 aromatic carbocycles. The fourth-order valence-electron chi connectivity index (χ4n) is 1.62. The fourth-order valence-corrected chi connectivity index (χ4v) is 1.62. The van der Waals surface area contributed by atoms with Gasteiger partial charge in [0.15, 0.2) is 11.9 Å². The van der Waals surface area contributed by atoms with E-state index in [0.29, 0.717) is 5.56 Å². The van der Waals surface area contributed by atoms with Gasteiger partial charge in [-0.15, -0.1) is 10.2 Å². The fraction of sp³-hybridized carbons (Fsp3) is 0.417. The van der Waals surface area contributed by atoms with Crippen LogP contribution in [0.25, 0.3) is 5.65 Å². The van der Waals surface area contributed by atoms with E-state index in [2.05, 4.69) is 31.0 Å². The zero-order valence-electron chi connectivity index (χ0n) is 9.77. The highest BCUT2D eigenvalue weighted by molar-refractivity contribution is 5.74. The van der Waals surface area contributed by atoms with E-state index >= 15 is 0 Å². The van der Waals surface area contributed by atoms with Crippen LogP contribution in [0.5, 0.6) is 0 Å². The molecular formula is C12H15N3O. The van der Waals surface area contributed by atoms with E-state index in [9.17, 15) is 4.79 Å². The summed E-state index contributed by atoms with van der Waals surface area (Å²) in [5.74, 6) is 0.895. The van der Waals surface area contributed by atoms with Gasteiger partial charge in [-0.2, -0.15) is 0 Å². The molecule has 0 saturated carbocycles. The van der Waals surface area contributed by atoms with Crippen LogP contribution >= 0.6 is 0 Å². The van der Waals surface area contributed by atoms with Crippen molar-refractivity contribution in [3.8, 4) is 0 Å². The molecule has 0 N–H and O–H groups in total. The van der Waals surface area contributed by atoms with Crippen molar-refractivity contribution in [3.05, 3.63) is 29.7 Å². The first kappa shape index (κ1) is 10.8. The van der Waals surface area contributed by atoms with Crippen LogP contribution < -0.4 is 0 Å². The van der Waals surface area contributed by atoms with E-state index in [1.807, 2.05) is 10.5 Å². The SMILES string of the molecule is CC(C)(C)Cc1nnc2ccc(C=O)cn12. The number of hydrogen-bond acceptors (Lipinski definition) is 3. The lowest BCUT2D eigenvalue weighted by Crippen LogP contribution is -2.12. The molecule has 0 aliphatic rings. The molecule has 16 heavy (non-hydrogen) atoms. The normalized spacial score (nSPS) is 11.9. The lowest BCUT2D eigenvalue weighted by molar-refractivity contribution is 0.112. The number of nitrogens with zero attached hydrogens (tertiary/aromatic N) is 3. The molecule has 2 heterocycles. The molecule has 4 nitrogen and oxygen atoms in total. The number of hydrogen-bond donors (Lipinski definition) is 0. The second kappa shape index (κ2) is 3.70. The summed E-state index contributed by atoms with van der Waals surface area (Å²) in [4.78, 5) is 10.7. The largest absolute Gasteiger partial charge is 0.298 e. The lowest BCUT2D eigenvalue weighted by Gasteiger charge is -2.16. The summed E-state index contributed by atoms with van der Waals surface area (Å²) >= 11 is 0. The highest BCUT2D eigenvalue weighted by Crippen LogP contribution is 2.19. The van der Waals surface area contributed by atoms with E-state index in [-0.39, 0.29) is 5.41 Å². The Balaban J connectivity index is 2.50. The van der Waals surface area contributed by atoms with Gasteiger partial charge in [0.25, 0.3) is 0 Å². The molecule has 0 atom stereocenters. The van der Waals surface area contributed by atoms with E-state index in [1.165, 1.54) is 0 Å². The van der Waals surface area contributed by atoms with Crippen LogP contribution in [0.15, 0.2) is 18.3 Å². The molecule has 2 aromatic rings. The third-order valence-electron chi connectivity index (χ3n) is 2.32. The van der Waals surface area contributed by atoms with Gasteiger partial charge in [0.05, 0.1) is 0 Å². The van der Waals surface area contributed by atoms with Crippen molar-refractivity contribution in [2.75, 3.05) is 0 Å². The highest BCUT2D eigenvalue weighted by Gasteiger charge is 2.16. The average molecular weight is 217 g/mol. The summed E-state index contributed by atoms with van der Waals surface area (Å²) < 4.78 is 1.88. The quantitative estimate of drug-likeness (QED) is 0.724. The van der Waals surface area contributed by atoms with E-state index in [1.54, 1.807) is 12.3 Å². The Morgan fingerprint density at radius 2 is 2.06 bits per heavy atom. The third kappa shape index (κ3) is 2.10. The standard InChI is InChI=1S/C12H15N3O/c1-12(2,3)6-11-14-13-10-5-4-9(8-16)7-15(10)11/h4-5,7-8H,6H2,1-3H3. The first-order valence-electron chi connectivity index (χ1n) is 5.28. The van der Waals surface area contributed by atoms with Crippen molar-refractivity contribution in [3.63, 3.8) is 0 Å². The van der Waals surface area contributed by atoms with E-state index in [4.69, 9.17) is 0 Å². The third-order valence-corrected chi connectivity index (χ3v) is 2.32. The predicted octanol–water partition coefficient (Wildman–Crippen LogP) is 2.13. The molecule has 0 aliphatic heterocycles. The predicted molar refractivity (Wildman–Crippen MR) is 61.5 cm³/mol. The van der Waals surface area contributed by atoms with Gasteiger partial charge in [-0.05, 0) is 17.5 Å². The molecule has 0 spiro atoms. The molecule has 0 unspecified atom stereocenters. The smallest absolute Gasteiger partial charge is 0.160 e. The minimum atomic E-state index is 0.153. The van der Waals surface area contributed by atoms with Crippen molar-refractivity contribution in [1.82, 2.24) is 14.6 Å². The number of aldehydes is 1. The number of fused-ring (bicyclic) bond motifs is 1. The Morgan fingerprint density at radius 1 is 1.31 bits per heavy atom. The minimum absolute atomic E-state index is 0.153. The Hall–Kier alpha value is -1.71. The van der Waals surface area contributed by atoms with Crippen LogP contribution in [0, 0.1) is 5.41 Å². The first-order valence-corrected chi connectivity index (χ1v) is 5.28. The van der Waals surface area contributed by atoms with Crippen LogP contribution in [0.2, 0.25) is 0 Å². The van der Waals surface area contributed by atoms with E-state index < -0.39 is 0 Å². The Bertz CT molecular complexity index is 523. The zero-order chi connectivity index (χ0) is 11.8. The van der Waals surface area contributed by atoms with Crippen molar-refractivity contribution in [1.29, 1.82) is 0 Å². The molecule has 0 aliphatic carbocycles. The molecular weight excluding hydrogens is 202 g/mol. The Morgan fingerprint density at radius 3 is 2.69 bits per heavy atom. The topological polar surface area (TPSA) is 47.3 Å². The monoisotopic (exact) mass is 217 g/mol. The van der Waals surface area contributed by atoms with Gasteiger partial charge in [-0.25, -0.2) is 0 Å². The van der Waals surface area contributed by atoms with Crippen LogP contribution in [-0.2, 0) is 6.42 Å². The van der Waals surface area contributed by atoms with Gasteiger partial charge in [-0.1, -0.05) is 20.8 Å². The summed E-state index contributed by atoms with van der Waals surface area (Å²) in [6.45, 7) is 6.45. The Kier molecular flexibility index (Phi) is 2.50. The van der Waals surface area contributed by atoms with Crippen molar-refractivity contribution < 1.29 is 4.79 Å². The summed E-state index contributed by atoms with van der Waals surface area (Å²) in [5, 5.41) is 8.23. The zero-order valence-corrected chi connectivity index (χ0v) is 9.77. The number of rotatable bonds is 2. The maximum absolute atomic E-state index is 10.7. The summed E-state index contributed by atoms with van der Waals surface area (Å²) in [6.07, 6.45) is 3.44. The number of pyridine rings is 1. The molecule has 0 fully saturated rings. The first-order chi connectivity index (χ1) is 7.49. The van der Waals surface area contributed by atoms with Gasteiger partial charge in [-0.3, -0.25) is 9.20 Å². The van der Waals surface area contributed by atoms with Crippen LogP contribution in [-0.4, -0.2) is 20.9 Å². The number of carbonyl (C=O) groups is 1. The highest BCUT2D eigenvalue weighted by atomic mass is 16.1. The summed E-state index contributed by atoms with van der Waals surface area (Å²) in [7, 11) is 0. The second-order valence-corrected chi connectivity index (χ2v) is 5.16. The van der Waals surface area contributed by atoms with Crippen LogP contribution in [0.1, 0.15) is 37.0 Å². The molecule has 0 amide bonds. The molecule has 0 saturated heterocycles. The molecule has 0 bridgehead atoms. The molecule has 0 radical (unpaired) electrons. The average Bonchev–Trinajstić information content (AvgIpc) is 2.58. The maximum Gasteiger partial charge on any atom is 0.160 e. The molecule has 4 heteroatoms. The summed E-state index contributed by atoms with van der Waals surface area (Å²) in [6, 6.07) is 3.56. The second-order valence-electron chi connectivity index (χ2n) is 5.16. The van der Waals surface area contributed by atoms with Crippen LogP contribution in [0.3, 0.4) is 0 Å². The van der Waals surface area contributed by atoms with Crippen LogP contribution in [0.4, 0.5) is 0 Å². The number of carbonyl (C=O) groups excluding carboxylic acids is 1. The van der Waals surface area contributed by atoms with Gasteiger partial charge >= 0.3 is 0 Å². The van der Waals surface area contributed by atoms with Gasteiger partial charge in [0, 0.05) is 18.2 Å².